The zero-order chi connectivity index (χ0) is 13.3. The van der Waals surface area contributed by atoms with Crippen LogP contribution in [0.2, 0.25) is 0 Å². The van der Waals surface area contributed by atoms with Crippen molar-refractivity contribution in [3.05, 3.63) is 42.0 Å². The summed E-state index contributed by atoms with van der Waals surface area (Å²) in [6, 6.07) is 7.67. The van der Waals surface area contributed by atoms with Gasteiger partial charge in [-0.3, -0.25) is 0 Å². The third kappa shape index (κ3) is 3.30. The van der Waals surface area contributed by atoms with E-state index < -0.39 is 12.2 Å². The molecule has 2 aromatic rings. The second-order valence-corrected chi connectivity index (χ2v) is 3.99. The Morgan fingerprint density at radius 1 is 1.05 bits per heavy atom. The molecule has 2 N–H and O–H groups in total. The third-order valence-corrected chi connectivity index (χ3v) is 2.78. The van der Waals surface area contributed by atoms with E-state index in [9.17, 15) is 13.2 Å². The minimum atomic E-state index is -4.43. The molecule has 1 atom stereocenters. The largest absolute Gasteiger partial charge is 0.497 e. The first-order valence-electron chi connectivity index (χ1n) is 5.32. The molecule has 0 aliphatic heterocycles. The minimum absolute atomic E-state index is 0. The van der Waals surface area contributed by atoms with E-state index in [2.05, 4.69) is 0 Å². The van der Waals surface area contributed by atoms with E-state index in [1.54, 1.807) is 24.3 Å². The summed E-state index contributed by atoms with van der Waals surface area (Å²) in [5.41, 5.74) is 5.23. The number of fused-ring (bicyclic) bond motifs is 1. The lowest BCUT2D eigenvalue weighted by Crippen LogP contribution is -2.28. The summed E-state index contributed by atoms with van der Waals surface area (Å²) in [5, 5.41) is 1.51. The van der Waals surface area contributed by atoms with E-state index in [-0.39, 0.29) is 18.0 Å². The molecule has 0 fully saturated rings. The lowest BCUT2D eigenvalue weighted by molar-refractivity contribution is -0.149. The van der Waals surface area contributed by atoms with E-state index in [0.717, 1.165) is 5.39 Å². The van der Waals surface area contributed by atoms with Crippen molar-refractivity contribution in [3.63, 3.8) is 0 Å². The Bertz CT molecular complexity index is 571. The summed E-state index contributed by atoms with van der Waals surface area (Å²) in [6.07, 6.45) is -4.43. The number of alkyl halides is 3. The highest BCUT2D eigenvalue weighted by Gasteiger charge is 2.37. The summed E-state index contributed by atoms with van der Waals surface area (Å²) >= 11 is 0. The summed E-state index contributed by atoms with van der Waals surface area (Å²) < 4.78 is 42.6. The number of hydrogen-bond donors (Lipinski definition) is 1. The average molecular weight is 292 g/mol. The summed E-state index contributed by atoms with van der Waals surface area (Å²) in [7, 11) is 1.54. The molecule has 0 aliphatic carbocycles. The van der Waals surface area contributed by atoms with E-state index in [0.29, 0.717) is 11.1 Å². The molecule has 0 aromatic heterocycles. The fraction of sp³-hybridized carbons (Fsp3) is 0.231. The van der Waals surface area contributed by atoms with Gasteiger partial charge in [-0.1, -0.05) is 18.2 Å². The summed E-state index contributed by atoms with van der Waals surface area (Å²) in [5.74, 6) is 0.662. The van der Waals surface area contributed by atoms with Crippen LogP contribution in [-0.2, 0) is 0 Å². The fourth-order valence-corrected chi connectivity index (χ4v) is 1.75. The van der Waals surface area contributed by atoms with Crippen LogP contribution in [0.25, 0.3) is 10.8 Å². The number of halogens is 4. The van der Waals surface area contributed by atoms with Gasteiger partial charge in [0.15, 0.2) is 0 Å². The maximum Gasteiger partial charge on any atom is 0.407 e. The van der Waals surface area contributed by atoms with Gasteiger partial charge in [0, 0.05) is 0 Å². The SMILES string of the molecule is COc1ccc2cc([C@@H](N)C(F)(F)F)ccc2c1.Cl. The van der Waals surface area contributed by atoms with Gasteiger partial charge in [-0.05, 0) is 34.5 Å². The van der Waals surface area contributed by atoms with Gasteiger partial charge >= 0.3 is 6.18 Å². The molecule has 104 valence electrons. The number of benzene rings is 2. The molecule has 0 amide bonds. The molecule has 0 unspecified atom stereocenters. The van der Waals surface area contributed by atoms with Crippen LogP contribution in [0.4, 0.5) is 13.2 Å². The Balaban J connectivity index is 0.00000180. The van der Waals surface area contributed by atoms with Crippen LogP contribution in [0.5, 0.6) is 5.75 Å². The molecule has 2 nitrogen and oxygen atoms in total. The zero-order valence-electron chi connectivity index (χ0n) is 10.1. The maximum atomic E-state index is 12.5. The molecule has 2 aromatic carbocycles. The lowest BCUT2D eigenvalue weighted by Gasteiger charge is -2.16. The number of rotatable bonds is 2. The average Bonchev–Trinajstić information content (AvgIpc) is 2.35. The fourth-order valence-electron chi connectivity index (χ4n) is 1.75. The van der Waals surface area contributed by atoms with Gasteiger partial charge in [0.25, 0.3) is 0 Å². The molecule has 0 radical (unpaired) electrons. The normalized spacial score (nSPS) is 12.9. The predicted octanol–water partition coefficient (Wildman–Crippen LogP) is 3.83. The molecular formula is C13H13ClF3NO. The number of ether oxygens (including phenoxy) is 1. The van der Waals surface area contributed by atoms with Gasteiger partial charge in [0.1, 0.15) is 11.8 Å². The van der Waals surface area contributed by atoms with Crippen molar-refractivity contribution in [3.8, 4) is 5.75 Å². The molecule has 0 saturated heterocycles. The van der Waals surface area contributed by atoms with Gasteiger partial charge in [-0.2, -0.15) is 13.2 Å². The summed E-state index contributed by atoms with van der Waals surface area (Å²) in [4.78, 5) is 0. The van der Waals surface area contributed by atoms with Crippen molar-refractivity contribution < 1.29 is 17.9 Å². The standard InChI is InChI=1S/C13H12F3NO.ClH/c1-18-11-5-4-8-6-10(3-2-9(8)7-11)12(17)13(14,15)16;/h2-7,12H,17H2,1H3;1H/t12-;/m1./s1. The second-order valence-electron chi connectivity index (χ2n) is 3.99. The first-order valence-corrected chi connectivity index (χ1v) is 5.32. The maximum absolute atomic E-state index is 12.5. The van der Waals surface area contributed by atoms with Crippen molar-refractivity contribution in [2.75, 3.05) is 7.11 Å². The Hall–Kier alpha value is -1.46. The quantitative estimate of drug-likeness (QED) is 0.912. The molecule has 0 heterocycles. The first kappa shape index (κ1) is 15.6. The van der Waals surface area contributed by atoms with Crippen LogP contribution in [0.15, 0.2) is 36.4 Å². The van der Waals surface area contributed by atoms with E-state index in [4.69, 9.17) is 10.5 Å². The van der Waals surface area contributed by atoms with Gasteiger partial charge in [-0.15, -0.1) is 12.4 Å². The smallest absolute Gasteiger partial charge is 0.407 e. The van der Waals surface area contributed by atoms with Crippen LogP contribution in [0.3, 0.4) is 0 Å². The molecule has 0 saturated carbocycles. The topological polar surface area (TPSA) is 35.2 Å². The van der Waals surface area contributed by atoms with Crippen LogP contribution in [-0.4, -0.2) is 13.3 Å². The molecule has 0 bridgehead atoms. The zero-order valence-corrected chi connectivity index (χ0v) is 10.9. The van der Waals surface area contributed by atoms with Crippen molar-refractivity contribution in [2.45, 2.75) is 12.2 Å². The molecular weight excluding hydrogens is 279 g/mol. The lowest BCUT2D eigenvalue weighted by atomic mass is 10.0. The van der Waals surface area contributed by atoms with Crippen molar-refractivity contribution >= 4 is 23.2 Å². The van der Waals surface area contributed by atoms with Crippen molar-refractivity contribution in [1.82, 2.24) is 0 Å². The highest BCUT2D eigenvalue weighted by Crippen LogP contribution is 2.32. The Morgan fingerprint density at radius 2 is 1.63 bits per heavy atom. The van der Waals surface area contributed by atoms with Crippen LogP contribution >= 0.6 is 12.4 Å². The highest BCUT2D eigenvalue weighted by atomic mass is 35.5. The predicted molar refractivity (Wildman–Crippen MR) is 70.7 cm³/mol. The van der Waals surface area contributed by atoms with E-state index in [1.807, 2.05) is 0 Å². The third-order valence-electron chi connectivity index (χ3n) is 2.78. The van der Waals surface area contributed by atoms with Crippen LogP contribution < -0.4 is 10.5 Å². The Kier molecular flexibility index (Phi) is 4.66. The summed E-state index contributed by atoms with van der Waals surface area (Å²) in [6.45, 7) is 0. The Morgan fingerprint density at radius 3 is 2.21 bits per heavy atom. The van der Waals surface area contributed by atoms with Gasteiger partial charge in [0.05, 0.1) is 7.11 Å². The van der Waals surface area contributed by atoms with Crippen molar-refractivity contribution in [2.24, 2.45) is 5.73 Å². The first-order chi connectivity index (χ1) is 8.41. The van der Waals surface area contributed by atoms with Gasteiger partial charge in [-0.25, -0.2) is 0 Å². The highest BCUT2D eigenvalue weighted by molar-refractivity contribution is 5.85. The number of hydrogen-bond acceptors (Lipinski definition) is 2. The molecule has 19 heavy (non-hydrogen) atoms. The van der Waals surface area contributed by atoms with E-state index in [1.165, 1.54) is 19.2 Å². The van der Waals surface area contributed by atoms with Gasteiger partial charge < -0.3 is 10.5 Å². The number of nitrogens with two attached hydrogens (primary N) is 1. The minimum Gasteiger partial charge on any atom is -0.497 e. The molecule has 6 heteroatoms. The Labute approximate surface area is 114 Å². The molecule has 0 aliphatic rings. The van der Waals surface area contributed by atoms with Crippen LogP contribution in [0.1, 0.15) is 11.6 Å². The van der Waals surface area contributed by atoms with Gasteiger partial charge in [0.2, 0.25) is 0 Å². The second kappa shape index (κ2) is 5.67. The van der Waals surface area contributed by atoms with Crippen molar-refractivity contribution in [1.29, 1.82) is 0 Å². The van der Waals surface area contributed by atoms with Crippen LogP contribution in [0, 0.1) is 0 Å². The number of methoxy groups -OCH3 is 1. The molecule has 2 rings (SSSR count). The monoisotopic (exact) mass is 291 g/mol. The molecule has 0 spiro atoms. The van der Waals surface area contributed by atoms with E-state index >= 15 is 0 Å².